The van der Waals surface area contributed by atoms with Gasteiger partial charge in [0.1, 0.15) is 24.4 Å². The van der Waals surface area contributed by atoms with E-state index < -0.39 is 49.5 Å². The van der Waals surface area contributed by atoms with Crippen LogP contribution in [0.15, 0.2) is 0 Å². The number of rotatable bonds is 36. The lowest BCUT2D eigenvalue weighted by Gasteiger charge is -2.40. The molecule has 0 aromatic rings. The van der Waals surface area contributed by atoms with Gasteiger partial charge in [-0.25, -0.2) is 0 Å². The molecular weight excluding hydrogens is 646 g/mol. The van der Waals surface area contributed by atoms with Crippen molar-refractivity contribution >= 4 is 5.91 Å². The molecule has 0 aliphatic carbocycles. The van der Waals surface area contributed by atoms with Crippen molar-refractivity contribution in [2.75, 3.05) is 13.2 Å². The van der Waals surface area contributed by atoms with Crippen molar-refractivity contribution < 1.29 is 39.8 Å². The molecule has 0 bridgehead atoms. The van der Waals surface area contributed by atoms with Gasteiger partial charge in [-0.1, -0.05) is 187 Å². The van der Waals surface area contributed by atoms with E-state index in [-0.39, 0.29) is 12.5 Å². The summed E-state index contributed by atoms with van der Waals surface area (Å²) in [5, 5.41) is 54.2. The molecule has 1 aliphatic rings. The molecule has 9 heteroatoms. The average molecular weight is 730 g/mol. The maximum Gasteiger partial charge on any atom is 0.220 e. The maximum absolute atomic E-state index is 12.9. The van der Waals surface area contributed by atoms with Crippen molar-refractivity contribution in [3.05, 3.63) is 0 Å². The topological polar surface area (TPSA) is 149 Å². The van der Waals surface area contributed by atoms with Crippen LogP contribution in [0.2, 0.25) is 0 Å². The Morgan fingerprint density at radius 2 is 0.980 bits per heavy atom. The summed E-state index contributed by atoms with van der Waals surface area (Å²) in [6.45, 7) is 3.83. The number of aliphatic hydroxyl groups is 5. The Labute approximate surface area is 313 Å². The van der Waals surface area contributed by atoms with E-state index in [9.17, 15) is 30.3 Å². The Morgan fingerprint density at radius 3 is 1.39 bits per heavy atom. The smallest absolute Gasteiger partial charge is 0.220 e. The Kier molecular flexibility index (Phi) is 31.9. The minimum Gasteiger partial charge on any atom is -0.394 e. The molecule has 1 amide bonds. The molecule has 51 heavy (non-hydrogen) atoms. The lowest BCUT2D eigenvalue weighted by molar-refractivity contribution is -0.302. The fraction of sp³-hybridized carbons (Fsp3) is 0.976. The number of aliphatic hydroxyl groups excluding tert-OH is 5. The average Bonchev–Trinajstić information content (AvgIpc) is 3.13. The van der Waals surface area contributed by atoms with Gasteiger partial charge in [-0.15, -0.1) is 0 Å². The van der Waals surface area contributed by atoms with E-state index >= 15 is 0 Å². The van der Waals surface area contributed by atoms with Crippen LogP contribution in [0.3, 0.4) is 0 Å². The lowest BCUT2D eigenvalue weighted by Crippen LogP contribution is -2.60. The number of amides is 1. The fourth-order valence-corrected chi connectivity index (χ4v) is 7.16. The minimum atomic E-state index is -1.55. The maximum atomic E-state index is 12.9. The molecule has 0 radical (unpaired) electrons. The van der Waals surface area contributed by atoms with Crippen LogP contribution < -0.4 is 5.32 Å². The third-order valence-corrected chi connectivity index (χ3v) is 10.7. The van der Waals surface area contributed by atoms with Gasteiger partial charge in [0.2, 0.25) is 5.91 Å². The van der Waals surface area contributed by atoms with Crippen molar-refractivity contribution in [3.8, 4) is 0 Å². The van der Waals surface area contributed by atoms with Crippen LogP contribution >= 0.6 is 0 Å². The largest absolute Gasteiger partial charge is 0.394 e. The number of hydrogen-bond donors (Lipinski definition) is 6. The van der Waals surface area contributed by atoms with E-state index in [0.29, 0.717) is 12.8 Å². The number of unbranched alkanes of at least 4 members (excludes halogenated alkanes) is 26. The van der Waals surface area contributed by atoms with Gasteiger partial charge in [-0.2, -0.15) is 0 Å². The molecular formula is C42H83NO8. The van der Waals surface area contributed by atoms with Crippen molar-refractivity contribution in [3.63, 3.8) is 0 Å². The van der Waals surface area contributed by atoms with Crippen LogP contribution in [0.4, 0.5) is 0 Å². The number of carbonyl (C=O) groups excluding carboxylic acids is 1. The molecule has 1 saturated heterocycles. The van der Waals surface area contributed by atoms with Gasteiger partial charge >= 0.3 is 0 Å². The predicted molar refractivity (Wildman–Crippen MR) is 208 cm³/mol. The van der Waals surface area contributed by atoms with Crippen LogP contribution in [-0.2, 0) is 14.3 Å². The molecule has 304 valence electrons. The van der Waals surface area contributed by atoms with Crippen LogP contribution in [0.5, 0.6) is 0 Å². The van der Waals surface area contributed by atoms with E-state index in [1.807, 2.05) is 0 Å². The summed E-state index contributed by atoms with van der Waals surface area (Å²) in [6.07, 6.45) is 28.2. The van der Waals surface area contributed by atoms with Crippen molar-refractivity contribution in [1.82, 2.24) is 5.32 Å². The zero-order valence-electron chi connectivity index (χ0n) is 33.1. The molecule has 1 heterocycles. The SMILES string of the molecule is CCCCCCCCCCCCCCCCCC[C@@H](O)[C@H](CO[C@@H]1O[C@H](CO)[C@H](O)C(O)C1O)NC(=O)CCCCCCCCCCCCCC. The Bertz CT molecular complexity index is 771. The lowest BCUT2D eigenvalue weighted by atomic mass is 9.99. The fourth-order valence-electron chi connectivity index (χ4n) is 7.16. The highest BCUT2D eigenvalue weighted by molar-refractivity contribution is 5.76. The summed E-state index contributed by atoms with van der Waals surface area (Å²) in [4.78, 5) is 12.9. The molecule has 0 saturated carbocycles. The second kappa shape index (κ2) is 33.7. The molecule has 2 unspecified atom stereocenters. The Morgan fingerprint density at radius 1 is 0.588 bits per heavy atom. The van der Waals surface area contributed by atoms with Gasteiger partial charge in [0.15, 0.2) is 6.29 Å². The van der Waals surface area contributed by atoms with E-state index in [2.05, 4.69) is 19.2 Å². The molecule has 9 nitrogen and oxygen atoms in total. The van der Waals surface area contributed by atoms with Gasteiger partial charge < -0.3 is 40.3 Å². The van der Waals surface area contributed by atoms with Crippen molar-refractivity contribution in [2.24, 2.45) is 0 Å². The molecule has 0 spiro atoms. The number of nitrogens with one attached hydrogen (secondary N) is 1. The summed E-state index contributed by atoms with van der Waals surface area (Å²) in [6, 6.07) is -0.710. The molecule has 1 aliphatic heterocycles. The highest BCUT2D eigenvalue weighted by Gasteiger charge is 2.44. The van der Waals surface area contributed by atoms with Gasteiger partial charge in [0, 0.05) is 6.42 Å². The number of carbonyl (C=O) groups is 1. The second-order valence-corrected chi connectivity index (χ2v) is 15.5. The van der Waals surface area contributed by atoms with E-state index in [1.165, 1.54) is 141 Å². The van der Waals surface area contributed by atoms with E-state index in [0.717, 1.165) is 38.5 Å². The van der Waals surface area contributed by atoms with Crippen LogP contribution in [0.25, 0.3) is 0 Å². The first-order valence-electron chi connectivity index (χ1n) is 21.7. The predicted octanol–water partition coefficient (Wildman–Crippen LogP) is 8.39. The zero-order chi connectivity index (χ0) is 37.4. The van der Waals surface area contributed by atoms with Gasteiger partial charge in [0.25, 0.3) is 0 Å². The summed E-state index contributed by atoms with van der Waals surface area (Å²) in [5.41, 5.74) is 0. The number of hydrogen-bond acceptors (Lipinski definition) is 8. The second-order valence-electron chi connectivity index (χ2n) is 15.5. The first-order chi connectivity index (χ1) is 24.8. The van der Waals surface area contributed by atoms with Crippen LogP contribution in [0.1, 0.15) is 206 Å². The number of ether oxygens (including phenoxy) is 2. The summed E-state index contributed by atoms with van der Waals surface area (Å²) >= 11 is 0. The Balaban J connectivity index is 2.35. The monoisotopic (exact) mass is 730 g/mol. The molecule has 1 rings (SSSR count). The standard InChI is InChI=1S/C42H83NO8/c1-3-5-7-9-11-13-15-17-18-19-20-21-23-25-27-29-31-36(45)35(34-50-42-41(49)40(48)39(47)37(33-44)51-42)43-38(46)32-30-28-26-24-22-16-14-12-10-8-6-4-2/h35-37,39-42,44-45,47-49H,3-34H2,1-2H3,(H,43,46)/t35-,36+,37+,39-,40?,41?,42+/m0/s1. The summed E-state index contributed by atoms with van der Waals surface area (Å²) in [7, 11) is 0. The molecule has 7 atom stereocenters. The van der Waals surface area contributed by atoms with Crippen LogP contribution in [0, 0.1) is 0 Å². The van der Waals surface area contributed by atoms with Crippen molar-refractivity contribution in [1.29, 1.82) is 0 Å². The first-order valence-corrected chi connectivity index (χ1v) is 21.7. The highest BCUT2D eigenvalue weighted by Crippen LogP contribution is 2.23. The highest BCUT2D eigenvalue weighted by atomic mass is 16.7. The molecule has 0 aromatic carbocycles. The zero-order valence-corrected chi connectivity index (χ0v) is 33.1. The van der Waals surface area contributed by atoms with Gasteiger partial charge in [0.05, 0.1) is 25.4 Å². The summed E-state index contributed by atoms with van der Waals surface area (Å²) < 4.78 is 11.2. The minimum absolute atomic E-state index is 0.132. The van der Waals surface area contributed by atoms with E-state index in [1.54, 1.807) is 0 Å². The molecule has 1 fully saturated rings. The van der Waals surface area contributed by atoms with Crippen LogP contribution in [-0.4, -0.2) is 87.5 Å². The third-order valence-electron chi connectivity index (χ3n) is 10.7. The van der Waals surface area contributed by atoms with Gasteiger partial charge in [-0.3, -0.25) is 4.79 Å². The van der Waals surface area contributed by atoms with E-state index in [4.69, 9.17) is 9.47 Å². The normalized spacial score (nSPS) is 21.9. The third kappa shape index (κ3) is 25.0. The first kappa shape index (κ1) is 48.2. The molecule has 6 N–H and O–H groups in total. The van der Waals surface area contributed by atoms with Crippen molar-refractivity contribution in [2.45, 2.75) is 249 Å². The summed E-state index contributed by atoms with van der Waals surface area (Å²) in [5.74, 6) is -0.143. The van der Waals surface area contributed by atoms with Gasteiger partial charge in [-0.05, 0) is 12.8 Å². The quantitative estimate of drug-likeness (QED) is 0.0353. The molecule has 0 aromatic heterocycles. The Hall–Kier alpha value is -0.810.